The van der Waals surface area contributed by atoms with Crippen molar-refractivity contribution >= 4 is 11.9 Å². The van der Waals surface area contributed by atoms with Crippen LogP contribution in [0.1, 0.15) is 27.7 Å². The first-order chi connectivity index (χ1) is 8.81. The maximum atomic E-state index is 11.8. The molecule has 0 aromatic heterocycles. The van der Waals surface area contributed by atoms with Crippen LogP contribution in [0.25, 0.3) is 0 Å². The fourth-order valence-electron chi connectivity index (χ4n) is 1.71. The van der Waals surface area contributed by atoms with Crippen LogP contribution >= 0.6 is 0 Å². The van der Waals surface area contributed by atoms with Gasteiger partial charge >= 0.3 is 11.9 Å². The summed E-state index contributed by atoms with van der Waals surface area (Å²) in [6.07, 6.45) is 1.19. The van der Waals surface area contributed by atoms with Crippen LogP contribution in [0.2, 0.25) is 0 Å². The normalized spacial score (nSPS) is 11.7. The molecule has 0 saturated carbocycles. The Morgan fingerprint density at radius 1 is 1.00 bits per heavy atom. The zero-order valence-electron chi connectivity index (χ0n) is 12.7. The molecule has 110 valence electrons. The highest BCUT2D eigenvalue weighted by atomic mass is 16.5. The maximum absolute atomic E-state index is 11.8. The van der Waals surface area contributed by atoms with E-state index in [1.165, 1.54) is 20.3 Å². The van der Waals surface area contributed by atoms with Gasteiger partial charge in [-0.3, -0.25) is 0 Å². The van der Waals surface area contributed by atoms with Crippen molar-refractivity contribution in [3.05, 3.63) is 11.8 Å². The predicted octanol–water partition coefficient (Wildman–Crippen LogP) is 1.83. The minimum atomic E-state index is -0.557. The monoisotopic (exact) mass is 271 g/mol. The molecule has 0 bridgehead atoms. The Balaban J connectivity index is 5.28. The molecule has 5 heteroatoms. The van der Waals surface area contributed by atoms with Crippen molar-refractivity contribution in [1.29, 1.82) is 0 Å². The van der Waals surface area contributed by atoms with Gasteiger partial charge in [-0.1, -0.05) is 27.7 Å². The van der Waals surface area contributed by atoms with Gasteiger partial charge in [-0.25, -0.2) is 9.59 Å². The second-order valence-corrected chi connectivity index (χ2v) is 5.24. The standard InChI is InChI=1S/C14H25NO4/c1-10(2)8-15(9-11(3)4)12(14(17)19-6)7-13(16)18-5/h7,10-11H,8-9H2,1-6H3/b12-7+. The first kappa shape index (κ1) is 17.5. The summed E-state index contributed by atoms with van der Waals surface area (Å²) in [6, 6.07) is 0. The van der Waals surface area contributed by atoms with E-state index in [9.17, 15) is 9.59 Å². The Kier molecular flexibility index (Phi) is 7.87. The van der Waals surface area contributed by atoms with Gasteiger partial charge in [0.1, 0.15) is 5.70 Å². The van der Waals surface area contributed by atoms with Crippen LogP contribution in [-0.4, -0.2) is 44.1 Å². The number of ether oxygens (including phenoxy) is 2. The van der Waals surface area contributed by atoms with E-state index >= 15 is 0 Å². The van der Waals surface area contributed by atoms with E-state index in [0.717, 1.165) is 0 Å². The van der Waals surface area contributed by atoms with E-state index in [0.29, 0.717) is 24.9 Å². The maximum Gasteiger partial charge on any atom is 0.354 e. The molecule has 0 amide bonds. The van der Waals surface area contributed by atoms with Crippen LogP contribution in [0.15, 0.2) is 11.8 Å². The van der Waals surface area contributed by atoms with Crippen molar-refractivity contribution in [2.45, 2.75) is 27.7 Å². The smallest absolute Gasteiger partial charge is 0.354 e. The molecule has 5 nitrogen and oxygen atoms in total. The van der Waals surface area contributed by atoms with Gasteiger partial charge in [0.2, 0.25) is 0 Å². The summed E-state index contributed by atoms with van der Waals surface area (Å²) < 4.78 is 9.33. The molecule has 0 heterocycles. The SMILES string of the molecule is COC(=O)/C=C(\C(=O)OC)N(CC(C)C)CC(C)C. The molecule has 0 fully saturated rings. The zero-order chi connectivity index (χ0) is 15.0. The van der Waals surface area contributed by atoms with E-state index in [-0.39, 0.29) is 5.70 Å². The summed E-state index contributed by atoms with van der Waals surface area (Å²) in [5, 5.41) is 0. The van der Waals surface area contributed by atoms with Crippen molar-refractivity contribution in [2.75, 3.05) is 27.3 Å². The van der Waals surface area contributed by atoms with Gasteiger partial charge in [0.25, 0.3) is 0 Å². The molecule has 0 rings (SSSR count). The summed E-state index contributed by atoms with van der Waals surface area (Å²) >= 11 is 0. The van der Waals surface area contributed by atoms with Crippen LogP contribution in [0, 0.1) is 11.8 Å². The quantitative estimate of drug-likeness (QED) is 0.522. The van der Waals surface area contributed by atoms with Crippen molar-refractivity contribution in [2.24, 2.45) is 11.8 Å². The fourth-order valence-corrected chi connectivity index (χ4v) is 1.71. The van der Waals surface area contributed by atoms with Gasteiger partial charge in [0, 0.05) is 13.1 Å². The summed E-state index contributed by atoms with van der Waals surface area (Å²) in [4.78, 5) is 25.1. The Morgan fingerprint density at radius 3 is 1.79 bits per heavy atom. The number of rotatable bonds is 7. The first-order valence-electron chi connectivity index (χ1n) is 6.44. The predicted molar refractivity (Wildman–Crippen MR) is 73.4 cm³/mol. The molecule has 0 aromatic rings. The lowest BCUT2D eigenvalue weighted by Crippen LogP contribution is -2.35. The van der Waals surface area contributed by atoms with Crippen LogP contribution < -0.4 is 0 Å². The summed E-state index contributed by atoms with van der Waals surface area (Å²) in [7, 11) is 2.58. The molecule has 0 aliphatic carbocycles. The second-order valence-electron chi connectivity index (χ2n) is 5.24. The largest absolute Gasteiger partial charge is 0.466 e. The van der Waals surface area contributed by atoms with E-state index in [2.05, 4.69) is 32.4 Å². The lowest BCUT2D eigenvalue weighted by atomic mass is 10.1. The molecular weight excluding hydrogens is 246 g/mol. The third kappa shape index (κ3) is 6.84. The van der Waals surface area contributed by atoms with Crippen LogP contribution in [0.5, 0.6) is 0 Å². The third-order valence-electron chi connectivity index (χ3n) is 2.36. The van der Waals surface area contributed by atoms with Crippen molar-refractivity contribution in [1.82, 2.24) is 4.90 Å². The van der Waals surface area contributed by atoms with E-state index < -0.39 is 11.9 Å². The molecule has 0 unspecified atom stereocenters. The number of esters is 2. The highest BCUT2D eigenvalue weighted by molar-refractivity contribution is 5.95. The molecule has 0 spiro atoms. The topological polar surface area (TPSA) is 55.8 Å². The van der Waals surface area contributed by atoms with E-state index in [4.69, 9.17) is 4.74 Å². The Bertz CT molecular complexity index is 324. The molecule has 0 radical (unpaired) electrons. The van der Waals surface area contributed by atoms with E-state index in [1.54, 1.807) is 0 Å². The Hall–Kier alpha value is -1.52. The molecule has 19 heavy (non-hydrogen) atoms. The zero-order valence-corrected chi connectivity index (χ0v) is 12.7. The van der Waals surface area contributed by atoms with Crippen LogP contribution in [0.4, 0.5) is 0 Å². The van der Waals surface area contributed by atoms with Gasteiger partial charge in [-0.05, 0) is 11.8 Å². The first-order valence-corrected chi connectivity index (χ1v) is 6.44. The molecule has 0 aliphatic heterocycles. The molecule has 0 aliphatic rings. The summed E-state index contributed by atoms with van der Waals surface area (Å²) in [6.45, 7) is 9.58. The van der Waals surface area contributed by atoms with Gasteiger partial charge < -0.3 is 14.4 Å². The average molecular weight is 271 g/mol. The molecule has 0 N–H and O–H groups in total. The number of hydrogen-bond donors (Lipinski definition) is 0. The summed E-state index contributed by atoms with van der Waals surface area (Å²) in [5.41, 5.74) is 0.247. The number of carbonyl (C=O) groups is 2. The van der Waals surface area contributed by atoms with Crippen molar-refractivity contribution < 1.29 is 19.1 Å². The highest BCUT2D eigenvalue weighted by Crippen LogP contribution is 2.13. The minimum Gasteiger partial charge on any atom is -0.466 e. The van der Waals surface area contributed by atoms with Gasteiger partial charge in [-0.2, -0.15) is 0 Å². The van der Waals surface area contributed by atoms with Crippen LogP contribution in [0.3, 0.4) is 0 Å². The van der Waals surface area contributed by atoms with Gasteiger partial charge in [-0.15, -0.1) is 0 Å². The molecule has 0 atom stereocenters. The third-order valence-corrected chi connectivity index (χ3v) is 2.36. The number of nitrogens with zero attached hydrogens (tertiary/aromatic N) is 1. The molecule has 0 saturated heterocycles. The van der Waals surface area contributed by atoms with Crippen LogP contribution in [-0.2, 0) is 19.1 Å². The number of methoxy groups -OCH3 is 2. The van der Waals surface area contributed by atoms with Crippen molar-refractivity contribution in [3.8, 4) is 0 Å². The van der Waals surface area contributed by atoms with E-state index in [1.807, 2.05) is 4.90 Å². The molecular formula is C14H25NO4. The van der Waals surface area contributed by atoms with Gasteiger partial charge in [0.05, 0.1) is 20.3 Å². The fraction of sp³-hybridized carbons (Fsp3) is 0.714. The average Bonchev–Trinajstić information content (AvgIpc) is 2.32. The Labute approximate surface area is 115 Å². The Morgan fingerprint density at radius 2 is 1.47 bits per heavy atom. The van der Waals surface area contributed by atoms with Crippen molar-refractivity contribution in [3.63, 3.8) is 0 Å². The highest BCUT2D eigenvalue weighted by Gasteiger charge is 2.21. The molecule has 0 aromatic carbocycles. The summed E-state index contributed by atoms with van der Waals surface area (Å²) in [5.74, 6) is -0.349. The number of carbonyl (C=O) groups excluding carboxylic acids is 2. The van der Waals surface area contributed by atoms with Gasteiger partial charge in [0.15, 0.2) is 0 Å². The lowest BCUT2D eigenvalue weighted by Gasteiger charge is -2.29. The minimum absolute atomic E-state index is 0.247. The lowest BCUT2D eigenvalue weighted by molar-refractivity contribution is -0.140. The second kappa shape index (κ2) is 8.56. The number of hydrogen-bond acceptors (Lipinski definition) is 5.